The van der Waals surface area contributed by atoms with Crippen LogP contribution in [0, 0.1) is 12.7 Å². The van der Waals surface area contributed by atoms with Crippen LogP contribution >= 0.6 is 0 Å². The summed E-state index contributed by atoms with van der Waals surface area (Å²) in [7, 11) is 0. The third kappa shape index (κ3) is 2.57. The van der Waals surface area contributed by atoms with E-state index in [1.807, 2.05) is 12.1 Å². The Morgan fingerprint density at radius 3 is 2.83 bits per heavy atom. The average Bonchev–Trinajstić information content (AvgIpc) is 2.78. The number of benzene rings is 1. The van der Waals surface area contributed by atoms with E-state index in [9.17, 15) is 4.39 Å². The maximum absolute atomic E-state index is 13.7. The SMILES string of the molecule is CCNC(c1ccc(C)c(F)c1)C1(C)CCCO1. The summed E-state index contributed by atoms with van der Waals surface area (Å²) in [6.07, 6.45) is 2.09. The van der Waals surface area contributed by atoms with Crippen LogP contribution in [0.15, 0.2) is 18.2 Å². The molecule has 2 nitrogen and oxygen atoms in total. The van der Waals surface area contributed by atoms with Crippen LogP contribution in [-0.4, -0.2) is 18.8 Å². The molecule has 2 atom stereocenters. The first-order chi connectivity index (χ1) is 8.57. The first-order valence-corrected chi connectivity index (χ1v) is 6.70. The van der Waals surface area contributed by atoms with E-state index in [-0.39, 0.29) is 17.5 Å². The Labute approximate surface area is 109 Å². The molecule has 0 radical (unpaired) electrons. The van der Waals surface area contributed by atoms with E-state index in [0.717, 1.165) is 31.6 Å². The Morgan fingerprint density at radius 1 is 1.50 bits per heavy atom. The molecule has 1 aromatic carbocycles. The molecule has 100 valence electrons. The zero-order valence-corrected chi connectivity index (χ0v) is 11.4. The second-order valence-electron chi connectivity index (χ2n) is 5.26. The highest BCUT2D eigenvalue weighted by Gasteiger charge is 2.38. The van der Waals surface area contributed by atoms with Gasteiger partial charge in [-0.2, -0.15) is 0 Å². The van der Waals surface area contributed by atoms with Crippen LogP contribution in [-0.2, 0) is 4.74 Å². The van der Waals surface area contributed by atoms with Gasteiger partial charge in [0.15, 0.2) is 0 Å². The summed E-state index contributed by atoms with van der Waals surface area (Å²) in [5.41, 5.74) is 1.44. The van der Waals surface area contributed by atoms with Gasteiger partial charge in [-0.15, -0.1) is 0 Å². The van der Waals surface area contributed by atoms with Gasteiger partial charge < -0.3 is 10.1 Å². The van der Waals surface area contributed by atoms with Crippen LogP contribution in [0.5, 0.6) is 0 Å². The van der Waals surface area contributed by atoms with E-state index in [2.05, 4.69) is 19.2 Å². The molecule has 0 saturated carbocycles. The van der Waals surface area contributed by atoms with Gasteiger partial charge in [0.1, 0.15) is 5.82 Å². The molecular formula is C15H22FNO. The second-order valence-corrected chi connectivity index (χ2v) is 5.26. The Balaban J connectivity index is 2.31. The van der Waals surface area contributed by atoms with Gasteiger partial charge in [0, 0.05) is 6.61 Å². The fourth-order valence-corrected chi connectivity index (χ4v) is 2.71. The number of hydrogen-bond donors (Lipinski definition) is 1. The molecule has 0 aromatic heterocycles. The summed E-state index contributed by atoms with van der Waals surface area (Å²) in [4.78, 5) is 0. The summed E-state index contributed by atoms with van der Waals surface area (Å²) in [5, 5.41) is 3.44. The summed E-state index contributed by atoms with van der Waals surface area (Å²) in [5.74, 6) is -0.142. The molecule has 1 N–H and O–H groups in total. The number of likely N-dealkylation sites (N-methyl/N-ethyl adjacent to an activating group) is 1. The van der Waals surface area contributed by atoms with E-state index < -0.39 is 0 Å². The minimum absolute atomic E-state index is 0.0556. The molecule has 0 aliphatic carbocycles. The van der Waals surface area contributed by atoms with Crippen molar-refractivity contribution < 1.29 is 9.13 Å². The molecule has 1 fully saturated rings. The van der Waals surface area contributed by atoms with Gasteiger partial charge in [-0.05, 0) is 50.4 Å². The molecule has 18 heavy (non-hydrogen) atoms. The predicted molar refractivity (Wildman–Crippen MR) is 71.1 cm³/mol. The van der Waals surface area contributed by atoms with Crippen LogP contribution < -0.4 is 5.32 Å². The van der Waals surface area contributed by atoms with Gasteiger partial charge >= 0.3 is 0 Å². The highest BCUT2D eigenvalue weighted by Crippen LogP contribution is 2.37. The zero-order chi connectivity index (χ0) is 13.2. The third-order valence-corrected chi connectivity index (χ3v) is 3.80. The Bertz CT molecular complexity index is 413. The van der Waals surface area contributed by atoms with Gasteiger partial charge in [0.2, 0.25) is 0 Å². The van der Waals surface area contributed by atoms with E-state index in [4.69, 9.17) is 4.74 Å². The Kier molecular flexibility index (Phi) is 4.03. The van der Waals surface area contributed by atoms with Gasteiger partial charge in [-0.1, -0.05) is 19.1 Å². The number of aryl methyl sites for hydroxylation is 1. The van der Waals surface area contributed by atoms with Crippen LogP contribution in [0.3, 0.4) is 0 Å². The quantitative estimate of drug-likeness (QED) is 0.886. The van der Waals surface area contributed by atoms with Crippen LogP contribution in [0.25, 0.3) is 0 Å². The van der Waals surface area contributed by atoms with Gasteiger partial charge in [0.05, 0.1) is 11.6 Å². The number of rotatable bonds is 4. The Hall–Kier alpha value is -0.930. The van der Waals surface area contributed by atoms with Crippen molar-refractivity contribution in [2.45, 2.75) is 45.3 Å². The van der Waals surface area contributed by atoms with E-state index in [0.29, 0.717) is 5.56 Å². The minimum atomic E-state index is -0.224. The first-order valence-electron chi connectivity index (χ1n) is 6.70. The molecule has 3 heteroatoms. The molecular weight excluding hydrogens is 229 g/mol. The minimum Gasteiger partial charge on any atom is -0.373 e. The monoisotopic (exact) mass is 251 g/mol. The van der Waals surface area contributed by atoms with Crippen molar-refractivity contribution in [2.75, 3.05) is 13.2 Å². The molecule has 1 aliphatic rings. The van der Waals surface area contributed by atoms with Crippen LogP contribution in [0.2, 0.25) is 0 Å². The maximum atomic E-state index is 13.7. The number of nitrogens with one attached hydrogen (secondary N) is 1. The van der Waals surface area contributed by atoms with Crippen LogP contribution in [0.1, 0.15) is 43.9 Å². The maximum Gasteiger partial charge on any atom is 0.126 e. The second kappa shape index (κ2) is 5.37. The lowest BCUT2D eigenvalue weighted by molar-refractivity contribution is -0.0121. The number of halogens is 1. The fraction of sp³-hybridized carbons (Fsp3) is 0.600. The molecule has 1 heterocycles. The summed E-state index contributed by atoms with van der Waals surface area (Å²) in [6.45, 7) is 7.61. The highest BCUT2D eigenvalue weighted by atomic mass is 19.1. The van der Waals surface area contributed by atoms with E-state index >= 15 is 0 Å². The van der Waals surface area contributed by atoms with Crippen molar-refractivity contribution in [3.05, 3.63) is 35.1 Å². The molecule has 2 unspecified atom stereocenters. The smallest absolute Gasteiger partial charge is 0.126 e. The van der Waals surface area contributed by atoms with Gasteiger partial charge in [-0.25, -0.2) is 4.39 Å². The van der Waals surface area contributed by atoms with E-state index in [1.54, 1.807) is 13.0 Å². The lowest BCUT2D eigenvalue weighted by atomic mass is 9.87. The molecule has 2 rings (SSSR count). The van der Waals surface area contributed by atoms with Crippen molar-refractivity contribution in [1.29, 1.82) is 0 Å². The lowest BCUT2D eigenvalue weighted by Crippen LogP contribution is -2.41. The van der Waals surface area contributed by atoms with E-state index in [1.165, 1.54) is 0 Å². The lowest BCUT2D eigenvalue weighted by Gasteiger charge is -2.34. The standard InChI is InChI=1S/C15H22FNO/c1-4-17-14(15(3)8-5-9-18-15)12-7-6-11(2)13(16)10-12/h6-7,10,14,17H,4-5,8-9H2,1-3H3. The Morgan fingerprint density at radius 2 is 2.28 bits per heavy atom. The summed E-state index contributed by atoms with van der Waals surface area (Å²) in [6, 6.07) is 5.53. The first kappa shape index (κ1) is 13.5. The topological polar surface area (TPSA) is 21.3 Å². The third-order valence-electron chi connectivity index (χ3n) is 3.80. The summed E-state index contributed by atoms with van der Waals surface area (Å²) < 4.78 is 19.6. The fourth-order valence-electron chi connectivity index (χ4n) is 2.71. The largest absolute Gasteiger partial charge is 0.373 e. The molecule has 0 bridgehead atoms. The van der Waals surface area contributed by atoms with Gasteiger partial charge in [-0.3, -0.25) is 0 Å². The summed E-state index contributed by atoms with van der Waals surface area (Å²) >= 11 is 0. The predicted octanol–water partition coefficient (Wildman–Crippen LogP) is 3.35. The van der Waals surface area contributed by atoms with Crippen molar-refractivity contribution in [2.24, 2.45) is 0 Å². The van der Waals surface area contributed by atoms with Crippen molar-refractivity contribution in [3.8, 4) is 0 Å². The molecule has 1 aliphatic heterocycles. The van der Waals surface area contributed by atoms with Crippen molar-refractivity contribution >= 4 is 0 Å². The number of hydrogen-bond acceptors (Lipinski definition) is 2. The normalized spacial score (nSPS) is 25.3. The highest BCUT2D eigenvalue weighted by molar-refractivity contribution is 5.28. The van der Waals surface area contributed by atoms with Crippen molar-refractivity contribution in [3.63, 3.8) is 0 Å². The van der Waals surface area contributed by atoms with Gasteiger partial charge in [0.25, 0.3) is 0 Å². The zero-order valence-electron chi connectivity index (χ0n) is 11.4. The average molecular weight is 251 g/mol. The molecule has 1 saturated heterocycles. The number of ether oxygens (including phenoxy) is 1. The van der Waals surface area contributed by atoms with Crippen molar-refractivity contribution in [1.82, 2.24) is 5.32 Å². The molecule has 0 spiro atoms. The molecule has 1 aromatic rings. The molecule has 0 amide bonds. The van der Waals surface area contributed by atoms with Crippen LogP contribution in [0.4, 0.5) is 4.39 Å².